The van der Waals surface area contributed by atoms with E-state index in [-0.39, 0.29) is 0 Å². The molecule has 0 spiro atoms. The Labute approximate surface area is 140 Å². The van der Waals surface area contributed by atoms with E-state index in [0.29, 0.717) is 19.0 Å². The van der Waals surface area contributed by atoms with Crippen molar-refractivity contribution in [1.82, 2.24) is 5.32 Å². The number of nitrogens with two attached hydrogens (primary N) is 1. The summed E-state index contributed by atoms with van der Waals surface area (Å²) in [7, 11) is 0. The highest BCUT2D eigenvalue weighted by Gasteiger charge is 2.15. The molecule has 2 rings (SSSR count). The molecule has 5 nitrogen and oxygen atoms in total. The maximum absolute atomic E-state index is 5.88. The first-order valence-electron chi connectivity index (χ1n) is 7.35. The fourth-order valence-electron chi connectivity index (χ4n) is 2.24. The van der Waals surface area contributed by atoms with Crippen molar-refractivity contribution in [2.75, 3.05) is 37.7 Å². The lowest BCUT2D eigenvalue weighted by Gasteiger charge is -2.30. The number of morpholine rings is 1. The summed E-state index contributed by atoms with van der Waals surface area (Å²) in [4.78, 5) is 6.75. The van der Waals surface area contributed by atoms with Crippen molar-refractivity contribution in [3.05, 3.63) is 40.4 Å². The molecule has 6 heteroatoms. The maximum Gasteiger partial charge on any atom is 0.189 e. The summed E-state index contributed by atoms with van der Waals surface area (Å²) in [5, 5.41) is 3.05. The van der Waals surface area contributed by atoms with Crippen LogP contribution in [0.1, 0.15) is 12.5 Å². The number of rotatable bonds is 5. The van der Waals surface area contributed by atoms with E-state index in [1.54, 1.807) is 0 Å². The minimum absolute atomic E-state index is 0.443. The average Bonchev–Trinajstić information content (AvgIpc) is 2.52. The van der Waals surface area contributed by atoms with Crippen LogP contribution in [0.4, 0.5) is 5.69 Å². The quantitative estimate of drug-likeness (QED) is 0.476. The van der Waals surface area contributed by atoms with Crippen LogP contribution in [0.5, 0.6) is 0 Å². The molecule has 0 amide bonds. The van der Waals surface area contributed by atoms with Crippen LogP contribution in [0.2, 0.25) is 0 Å². The van der Waals surface area contributed by atoms with Gasteiger partial charge in [0.05, 0.1) is 19.8 Å². The number of nitrogens with one attached hydrogen (secondary N) is 1. The SMILES string of the molecule is C=C(C)CNC(N)=NCc1ccc(Br)cc1N1CCOCC1. The van der Waals surface area contributed by atoms with E-state index in [0.717, 1.165) is 41.9 Å². The van der Waals surface area contributed by atoms with Gasteiger partial charge in [0.15, 0.2) is 5.96 Å². The molecule has 3 N–H and O–H groups in total. The summed E-state index contributed by atoms with van der Waals surface area (Å²) >= 11 is 3.54. The smallest absolute Gasteiger partial charge is 0.189 e. The predicted molar refractivity (Wildman–Crippen MR) is 95.3 cm³/mol. The lowest BCUT2D eigenvalue weighted by molar-refractivity contribution is 0.122. The molecular formula is C16H23BrN4O. The van der Waals surface area contributed by atoms with Gasteiger partial charge in [-0.05, 0) is 24.6 Å². The van der Waals surface area contributed by atoms with E-state index in [1.807, 2.05) is 13.0 Å². The van der Waals surface area contributed by atoms with E-state index in [9.17, 15) is 0 Å². The highest BCUT2D eigenvalue weighted by Crippen LogP contribution is 2.26. The summed E-state index contributed by atoms with van der Waals surface area (Å²) < 4.78 is 6.49. The van der Waals surface area contributed by atoms with Crippen molar-refractivity contribution in [3.63, 3.8) is 0 Å². The molecule has 0 saturated carbocycles. The largest absolute Gasteiger partial charge is 0.378 e. The fraction of sp³-hybridized carbons (Fsp3) is 0.438. The van der Waals surface area contributed by atoms with Gasteiger partial charge in [0.1, 0.15) is 0 Å². The van der Waals surface area contributed by atoms with Crippen molar-refractivity contribution in [2.45, 2.75) is 13.5 Å². The molecule has 1 aromatic carbocycles. The second-order valence-corrected chi connectivity index (χ2v) is 6.30. The standard InChI is InChI=1S/C16H23BrN4O/c1-12(2)10-19-16(18)20-11-13-3-4-14(17)9-15(13)21-5-7-22-8-6-21/h3-4,9H,1,5-8,10-11H2,2H3,(H3,18,19,20). The third-order valence-electron chi connectivity index (χ3n) is 3.39. The maximum atomic E-state index is 5.88. The lowest BCUT2D eigenvalue weighted by Crippen LogP contribution is -2.37. The first-order valence-corrected chi connectivity index (χ1v) is 8.15. The minimum atomic E-state index is 0.443. The number of nitrogens with zero attached hydrogens (tertiary/aromatic N) is 2. The Kier molecular flexibility index (Phi) is 6.27. The van der Waals surface area contributed by atoms with Gasteiger partial charge in [-0.25, -0.2) is 4.99 Å². The Morgan fingerprint density at radius 2 is 2.18 bits per heavy atom. The summed E-state index contributed by atoms with van der Waals surface area (Å²) in [6.45, 7) is 10.3. The Morgan fingerprint density at radius 3 is 2.86 bits per heavy atom. The zero-order chi connectivity index (χ0) is 15.9. The number of guanidine groups is 1. The van der Waals surface area contributed by atoms with Crippen molar-refractivity contribution >= 4 is 27.6 Å². The van der Waals surface area contributed by atoms with Crippen LogP contribution in [0.15, 0.2) is 39.8 Å². The second kappa shape index (κ2) is 8.19. The van der Waals surface area contributed by atoms with Crippen LogP contribution < -0.4 is 16.0 Å². The lowest BCUT2D eigenvalue weighted by atomic mass is 10.1. The molecule has 1 fully saturated rings. The van der Waals surface area contributed by atoms with E-state index in [1.165, 1.54) is 5.69 Å². The summed E-state index contributed by atoms with van der Waals surface area (Å²) in [6.07, 6.45) is 0. The molecule has 0 radical (unpaired) electrons. The molecule has 0 aliphatic carbocycles. The van der Waals surface area contributed by atoms with Gasteiger partial charge < -0.3 is 20.7 Å². The molecule has 0 unspecified atom stereocenters. The molecule has 0 aromatic heterocycles. The van der Waals surface area contributed by atoms with Crippen molar-refractivity contribution in [1.29, 1.82) is 0 Å². The van der Waals surface area contributed by atoms with Crippen LogP contribution in [0, 0.1) is 0 Å². The molecule has 120 valence electrons. The van der Waals surface area contributed by atoms with E-state index < -0.39 is 0 Å². The molecule has 0 bridgehead atoms. The van der Waals surface area contributed by atoms with Gasteiger partial charge in [0.2, 0.25) is 0 Å². The van der Waals surface area contributed by atoms with Crippen LogP contribution >= 0.6 is 15.9 Å². The van der Waals surface area contributed by atoms with Gasteiger partial charge in [0.25, 0.3) is 0 Å². The Morgan fingerprint density at radius 1 is 1.45 bits per heavy atom. The number of hydrogen-bond acceptors (Lipinski definition) is 3. The zero-order valence-corrected chi connectivity index (χ0v) is 14.5. The number of hydrogen-bond donors (Lipinski definition) is 2. The third-order valence-corrected chi connectivity index (χ3v) is 3.88. The minimum Gasteiger partial charge on any atom is -0.378 e. The molecule has 1 aliphatic rings. The van der Waals surface area contributed by atoms with E-state index >= 15 is 0 Å². The number of anilines is 1. The number of aliphatic imine (C=N–C) groups is 1. The Hall–Kier alpha value is -1.53. The van der Waals surface area contributed by atoms with Crippen LogP contribution in [0.25, 0.3) is 0 Å². The van der Waals surface area contributed by atoms with Crippen LogP contribution in [-0.2, 0) is 11.3 Å². The van der Waals surface area contributed by atoms with Gasteiger partial charge in [-0.2, -0.15) is 0 Å². The van der Waals surface area contributed by atoms with Gasteiger partial charge >= 0.3 is 0 Å². The Bertz CT molecular complexity index is 553. The second-order valence-electron chi connectivity index (χ2n) is 5.38. The molecule has 1 aliphatic heterocycles. The predicted octanol–water partition coefficient (Wildman–Crippen LogP) is 2.27. The normalized spacial score (nSPS) is 15.7. The molecule has 1 heterocycles. The number of ether oxygens (including phenoxy) is 1. The molecular weight excluding hydrogens is 344 g/mol. The first-order chi connectivity index (χ1) is 10.6. The van der Waals surface area contributed by atoms with Gasteiger partial charge in [-0.15, -0.1) is 0 Å². The van der Waals surface area contributed by atoms with Crippen molar-refractivity contribution in [3.8, 4) is 0 Å². The highest BCUT2D eigenvalue weighted by molar-refractivity contribution is 9.10. The van der Waals surface area contributed by atoms with Crippen molar-refractivity contribution in [2.24, 2.45) is 10.7 Å². The van der Waals surface area contributed by atoms with Crippen LogP contribution in [-0.4, -0.2) is 38.8 Å². The fourth-order valence-corrected chi connectivity index (χ4v) is 2.59. The average molecular weight is 367 g/mol. The van der Waals surface area contributed by atoms with Gasteiger partial charge in [-0.3, -0.25) is 0 Å². The van der Waals surface area contributed by atoms with Crippen molar-refractivity contribution < 1.29 is 4.74 Å². The van der Waals surface area contributed by atoms with Gasteiger partial charge in [0, 0.05) is 29.8 Å². The third kappa shape index (κ3) is 5.03. The Balaban J connectivity index is 2.09. The van der Waals surface area contributed by atoms with E-state index in [2.05, 4.69) is 49.9 Å². The highest BCUT2D eigenvalue weighted by atomic mass is 79.9. The first kappa shape index (κ1) is 16.8. The number of benzene rings is 1. The molecule has 0 atom stereocenters. The molecule has 1 saturated heterocycles. The topological polar surface area (TPSA) is 62.9 Å². The monoisotopic (exact) mass is 366 g/mol. The summed E-state index contributed by atoms with van der Waals surface area (Å²) in [5.74, 6) is 0.443. The van der Waals surface area contributed by atoms with Gasteiger partial charge in [-0.1, -0.05) is 34.1 Å². The van der Waals surface area contributed by atoms with Crippen LogP contribution in [0.3, 0.4) is 0 Å². The number of halogens is 1. The zero-order valence-electron chi connectivity index (χ0n) is 12.9. The summed E-state index contributed by atoms with van der Waals surface area (Å²) in [6, 6.07) is 6.25. The molecule has 1 aromatic rings. The summed E-state index contributed by atoms with van der Waals surface area (Å²) in [5.41, 5.74) is 9.25. The van der Waals surface area contributed by atoms with E-state index in [4.69, 9.17) is 10.5 Å². The molecule has 22 heavy (non-hydrogen) atoms.